The zero-order valence-corrected chi connectivity index (χ0v) is 28.7. The number of benzene rings is 5. The van der Waals surface area contributed by atoms with Crippen LogP contribution < -0.4 is 35.7 Å². The number of fused-ring (bicyclic) bond motifs is 1. The van der Waals surface area contributed by atoms with Gasteiger partial charge in [-0.25, -0.2) is 0 Å². The van der Waals surface area contributed by atoms with Crippen molar-refractivity contribution in [3.05, 3.63) is 49.3 Å². The van der Waals surface area contributed by atoms with E-state index in [4.69, 9.17) is 14.2 Å². The normalized spacial score (nSPS) is 23.3. The molecule has 5 aromatic carbocycles. The van der Waals surface area contributed by atoms with Gasteiger partial charge < -0.3 is 40.2 Å². The van der Waals surface area contributed by atoms with E-state index in [0.717, 1.165) is 0 Å². The molecular formula is C39H40N2O9. The Labute approximate surface area is 287 Å². The van der Waals surface area contributed by atoms with E-state index >= 15 is 0 Å². The number of phenols is 1. The van der Waals surface area contributed by atoms with Gasteiger partial charge in [-0.15, -0.1) is 0 Å². The number of Topliss-reactive ketones (excluding diaryl/α,β-unsaturated/α-hetero) is 1. The molecule has 0 bridgehead atoms. The minimum Gasteiger partial charge on any atom is -0.504 e. The van der Waals surface area contributed by atoms with Gasteiger partial charge in [0.2, 0.25) is 0 Å². The molecule has 11 heteroatoms. The topological polar surface area (TPSA) is 164 Å². The molecular weight excluding hydrogens is 640 g/mol. The first kappa shape index (κ1) is 32.3. The lowest BCUT2D eigenvalue weighted by Gasteiger charge is -2.28. The van der Waals surface area contributed by atoms with E-state index in [-0.39, 0.29) is 51.7 Å². The highest BCUT2D eigenvalue weighted by Gasteiger charge is 2.38. The molecule has 0 amide bonds. The first-order valence-electron chi connectivity index (χ1n) is 17.1. The molecule has 2 saturated carbocycles. The van der Waals surface area contributed by atoms with Gasteiger partial charge in [-0.05, 0) is 57.8 Å². The molecule has 3 aliphatic carbocycles. The number of carbonyl (C=O) groups excluding carboxylic acids is 1. The molecule has 8 rings (SSSR count). The first-order chi connectivity index (χ1) is 24.0. The number of aliphatic hydroxyl groups excluding tert-OH is 2. The number of anilines is 2. The molecule has 5 atom stereocenters. The fourth-order valence-electron chi connectivity index (χ4n) is 9.17. The van der Waals surface area contributed by atoms with Crippen LogP contribution >= 0.6 is 0 Å². The Morgan fingerprint density at radius 2 is 1.26 bits per heavy atom. The van der Waals surface area contributed by atoms with Gasteiger partial charge in [0.15, 0.2) is 22.4 Å². The number of ether oxygens (including phenoxy) is 3. The minimum absolute atomic E-state index is 0.00632. The standard InChI is InChI=1S/C39H40N2O9/c1-15-10-21-27-32-28(37(41-18-7-9-20(44)12-18)36(21)40-17-6-8-19(43)11-17)22(45)13-24(48-3)30(32)31-25(49-4)14-23(46)29-34(31)33(27)35(26(15)16(2)42)39(50-5)38(29)47/h10,13-14,17-20,26,40-41,43-44,47H,6-9,11-12H2,1-5H3. The number of rotatable bonds is 8. The second-order valence-corrected chi connectivity index (χ2v) is 14.2. The van der Waals surface area contributed by atoms with Gasteiger partial charge in [0.05, 0.1) is 61.6 Å². The summed E-state index contributed by atoms with van der Waals surface area (Å²) in [5.41, 5.74) is 2.14. The predicted octanol–water partition coefficient (Wildman–Crippen LogP) is 5.37. The number of ketones is 1. The molecule has 0 aliphatic heterocycles. The summed E-state index contributed by atoms with van der Waals surface area (Å²) < 4.78 is 17.6. The van der Waals surface area contributed by atoms with Crippen LogP contribution in [0.3, 0.4) is 0 Å². The van der Waals surface area contributed by atoms with Gasteiger partial charge in [0, 0.05) is 62.3 Å². The molecule has 11 nitrogen and oxygen atoms in total. The second kappa shape index (κ2) is 11.6. The number of allylic oxidation sites excluding steroid dienone is 1. The van der Waals surface area contributed by atoms with Gasteiger partial charge in [-0.3, -0.25) is 14.4 Å². The first-order valence-corrected chi connectivity index (χ1v) is 17.1. The summed E-state index contributed by atoms with van der Waals surface area (Å²) in [5.74, 6) is -0.945. The maximum absolute atomic E-state index is 14.5. The van der Waals surface area contributed by atoms with Crippen LogP contribution in [0.1, 0.15) is 69.4 Å². The number of phenolic OH excluding ortho intramolecular Hbond substituents is 1. The van der Waals surface area contributed by atoms with Crippen molar-refractivity contribution in [2.75, 3.05) is 32.0 Å². The van der Waals surface area contributed by atoms with Crippen molar-refractivity contribution in [1.29, 1.82) is 0 Å². The Kier molecular flexibility index (Phi) is 7.50. The molecule has 0 aromatic heterocycles. The lowest BCUT2D eigenvalue weighted by Crippen LogP contribution is -2.23. The van der Waals surface area contributed by atoms with E-state index in [1.807, 2.05) is 13.0 Å². The number of aliphatic hydroxyl groups is 2. The lowest BCUT2D eigenvalue weighted by molar-refractivity contribution is -0.117. The van der Waals surface area contributed by atoms with Gasteiger partial charge in [-0.2, -0.15) is 0 Å². The number of aromatic hydroxyl groups is 1. The van der Waals surface area contributed by atoms with Crippen molar-refractivity contribution >= 4 is 66.3 Å². The zero-order chi connectivity index (χ0) is 35.3. The van der Waals surface area contributed by atoms with Crippen molar-refractivity contribution in [3.8, 4) is 23.0 Å². The third-order valence-corrected chi connectivity index (χ3v) is 11.2. The molecule has 0 spiro atoms. The summed E-state index contributed by atoms with van der Waals surface area (Å²) in [4.78, 5) is 42.2. The van der Waals surface area contributed by atoms with Crippen molar-refractivity contribution in [3.63, 3.8) is 0 Å². The molecule has 0 heterocycles. The maximum atomic E-state index is 14.5. The maximum Gasteiger partial charge on any atom is 0.194 e. The largest absolute Gasteiger partial charge is 0.504 e. The van der Waals surface area contributed by atoms with Crippen LogP contribution in [-0.2, 0) is 4.79 Å². The summed E-state index contributed by atoms with van der Waals surface area (Å²) in [6.45, 7) is 3.34. The number of hydrogen-bond acceptors (Lipinski definition) is 11. The lowest BCUT2D eigenvalue weighted by atomic mass is 9.80. The third-order valence-electron chi connectivity index (χ3n) is 11.2. The fraction of sp³-hybridized carbons (Fsp3) is 0.410. The summed E-state index contributed by atoms with van der Waals surface area (Å²) in [6.07, 6.45) is 4.66. The third kappa shape index (κ3) is 4.45. The van der Waals surface area contributed by atoms with Crippen molar-refractivity contribution < 1.29 is 34.3 Å². The van der Waals surface area contributed by atoms with Gasteiger partial charge in [0.1, 0.15) is 17.3 Å². The molecule has 0 saturated heterocycles. The smallest absolute Gasteiger partial charge is 0.194 e. The van der Waals surface area contributed by atoms with Crippen LogP contribution in [0.5, 0.6) is 23.0 Å². The summed E-state index contributed by atoms with van der Waals surface area (Å²) >= 11 is 0. The van der Waals surface area contributed by atoms with Crippen LogP contribution in [-0.4, -0.2) is 66.7 Å². The Hall–Kier alpha value is -4.87. The number of methoxy groups -OCH3 is 3. The van der Waals surface area contributed by atoms with Crippen molar-refractivity contribution in [1.82, 2.24) is 0 Å². The van der Waals surface area contributed by atoms with Crippen LogP contribution in [0, 0.1) is 0 Å². The highest BCUT2D eigenvalue weighted by molar-refractivity contribution is 6.40. The molecule has 5 aromatic rings. The average molecular weight is 681 g/mol. The second-order valence-electron chi connectivity index (χ2n) is 14.2. The fourth-order valence-corrected chi connectivity index (χ4v) is 9.17. The summed E-state index contributed by atoms with van der Waals surface area (Å²) in [7, 11) is 4.33. The highest BCUT2D eigenvalue weighted by atomic mass is 16.5. The van der Waals surface area contributed by atoms with Crippen molar-refractivity contribution in [2.24, 2.45) is 0 Å². The van der Waals surface area contributed by atoms with E-state index in [0.29, 0.717) is 104 Å². The summed E-state index contributed by atoms with van der Waals surface area (Å²) in [6, 6.07) is 2.50. The molecule has 0 radical (unpaired) electrons. The van der Waals surface area contributed by atoms with Gasteiger partial charge in [-0.1, -0.05) is 11.6 Å². The molecule has 3 aliphatic rings. The quantitative estimate of drug-likeness (QED) is 0.106. The Balaban J connectivity index is 1.71. The Bertz CT molecular complexity index is 2400. The minimum atomic E-state index is -0.867. The predicted molar refractivity (Wildman–Crippen MR) is 194 cm³/mol. The molecule has 5 unspecified atom stereocenters. The van der Waals surface area contributed by atoms with Gasteiger partial charge >= 0.3 is 0 Å². The molecule has 5 N–H and O–H groups in total. The number of nitrogens with one attached hydrogen (secondary N) is 2. The Morgan fingerprint density at radius 1 is 0.720 bits per heavy atom. The number of carbonyl (C=O) groups is 1. The van der Waals surface area contributed by atoms with E-state index in [1.165, 1.54) is 40.4 Å². The highest BCUT2D eigenvalue weighted by Crippen LogP contribution is 2.58. The van der Waals surface area contributed by atoms with Crippen LogP contribution in [0.2, 0.25) is 0 Å². The molecule has 2 fully saturated rings. The number of hydrogen-bond donors (Lipinski definition) is 5. The molecule has 260 valence electrons. The van der Waals surface area contributed by atoms with E-state index < -0.39 is 23.6 Å². The van der Waals surface area contributed by atoms with Crippen LogP contribution in [0.25, 0.3) is 49.2 Å². The zero-order valence-electron chi connectivity index (χ0n) is 28.7. The Morgan fingerprint density at radius 3 is 1.76 bits per heavy atom. The molecule has 50 heavy (non-hydrogen) atoms. The van der Waals surface area contributed by atoms with Gasteiger partial charge in [0.25, 0.3) is 0 Å². The van der Waals surface area contributed by atoms with E-state index in [2.05, 4.69) is 10.6 Å². The van der Waals surface area contributed by atoms with Crippen molar-refractivity contribution in [2.45, 2.75) is 82.6 Å². The monoisotopic (exact) mass is 680 g/mol. The van der Waals surface area contributed by atoms with Crippen LogP contribution in [0.15, 0.2) is 27.3 Å². The SMILES string of the molecule is COc1c(O)c2c(=O)cc(OC)c3c4c(OC)cc(=O)c5c(NC6CCC(O)C6)c(NC6CCC(O)C6)c6c(c(c1C(C(C)=O)C(C)=C6)c23)c54. The van der Waals surface area contributed by atoms with E-state index in [1.54, 1.807) is 0 Å². The average Bonchev–Trinajstić information content (AvgIpc) is 3.65. The van der Waals surface area contributed by atoms with E-state index in [9.17, 15) is 29.7 Å². The van der Waals surface area contributed by atoms with Crippen LogP contribution in [0.4, 0.5) is 11.4 Å². The summed E-state index contributed by atoms with van der Waals surface area (Å²) in [5, 5.41) is 43.7.